The lowest BCUT2D eigenvalue weighted by Gasteiger charge is -2.37. The second kappa shape index (κ2) is 1.89. The summed E-state index contributed by atoms with van der Waals surface area (Å²) in [6.07, 6.45) is 4.57. The van der Waals surface area contributed by atoms with Crippen molar-refractivity contribution in [3.05, 3.63) is 12.2 Å². The van der Waals surface area contributed by atoms with Gasteiger partial charge in [-0.05, 0) is 39.5 Å². The van der Waals surface area contributed by atoms with E-state index in [1.54, 1.807) is 0 Å². The molecule has 62 valence electrons. The Morgan fingerprint density at radius 3 is 2.09 bits per heavy atom. The zero-order valence-corrected chi connectivity index (χ0v) is 7.44. The van der Waals surface area contributed by atoms with Gasteiger partial charge >= 0.3 is 0 Å². The second-order valence-corrected chi connectivity index (χ2v) is 4.61. The normalized spacial score (nSPS) is 49.8. The molecule has 2 rings (SSSR count). The largest absolute Gasteiger partial charge is 0.368 e. The predicted molar refractivity (Wildman–Crippen MR) is 45.5 cm³/mol. The van der Waals surface area contributed by atoms with Gasteiger partial charge in [0, 0.05) is 0 Å². The molecule has 0 spiro atoms. The molecular weight excluding hydrogens is 136 g/mol. The van der Waals surface area contributed by atoms with Gasteiger partial charge in [0.15, 0.2) is 0 Å². The summed E-state index contributed by atoms with van der Waals surface area (Å²) in [4.78, 5) is 0. The number of hydrogen-bond acceptors (Lipinski definition) is 1. The van der Waals surface area contributed by atoms with Crippen molar-refractivity contribution in [3.63, 3.8) is 0 Å². The van der Waals surface area contributed by atoms with Crippen molar-refractivity contribution in [1.82, 2.24) is 0 Å². The summed E-state index contributed by atoms with van der Waals surface area (Å²) >= 11 is 0. The zero-order valence-electron chi connectivity index (χ0n) is 7.44. The molecule has 0 aromatic rings. The Kier molecular flexibility index (Phi) is 1.26. The molecule has 0 aromatic heterocycles. The molecule has 0 saturated carbocycles. The van der Waals surface area contributed by atoms with E-state index in [2.05, 4.69) is 20.4 Å². The molecule has 0 aliphatic carbocycles. The summed E-state index contributed by atoms with van der Waals surface area (Å²) in [5, 5.41) is 0. The van der Waals surface area contributed by atoms with Crippen LogP contribution in [0, 0.1) is 0 Å². The van der Waals surface area contributed by atoms with Gasteiger partial charge in [-0.1, -0.05) is 12.2 Å². The van der Waals surface area contributed by atoms with E-state index in [1.165, 1.54) is 18.4 Å². The topological polar surface area (TPSA) is 9.23 Å². The fraction of sp³-hybridized carbons (Fsp3) is 0.800. The number of fused-ring (bicyclic) bond motifs is 2. The van der Waals surface area contributed by atoms with Crippen LogP contribution in [0.2, 0.25) is 0 Å². The Morgan fingerprint density at radius 1 is 1.18 bits per heavy atom. The molecule has 2 saturated heterocycles. The Hall–Kier alpha value is -0.300. The quantitative estimate of drug-likeness (QED) is 0.485. The van der Waals surface area contributed by atoms with Crippen LogP contribution >= 0.6 is 0 Å². The second-order valence-electron chi connectivity index (χ2n) is 4.61. The van der Waals surface area contributed by atoms with E-state index >= 15 is 0 Å². The SMILES string of the molecule is C=C1CC2(C)CCC(C)(C1)O2. The first-order chi connectivity index (χ1) is 5.02. The lowest BCUT2D eigenvalue weighted by atomic mass is 9.91. The van der Waals surface area contributed by atoms with E-state index in [0.29, 0.717) is 0 Å². The minimum atomic E-state index is 0.129. The molecule has 11 heavy (non-hydrogen) atoms. The van der Waals surface area contributed by atoms with E-state index in [4.69, 9.17) is 4.74 Å². The Labute approximate surface area is 68.4 Å². The predicted octanol–water partition coefficient (Wildman–Crippen LogP) is 2.66. The van der Waals surface area contributed by atoms with Crippen LogP contribution in [0.15, 0.2) is 12.2 Å². The van der Waals surface area contributed by atoms with Gasteiger partial charge in [0.05, 0.1) is 11.2 Å². The first kappa shape index (κ1) is 7.35. The van der Waals surface area contributed by atoms with Gasteiger partial charge < -0.3 is 4.74 Å². The Balaban J connectivity index is 2.28. The summed E-state index contributed by atoms with van der Waals surface area (Å²) in [5.41, 5.74) is 1.63. The fourth-order valence-corrected chi connectivity index (χ4v) is 2.59. The van der Waals surface area contributed by atoms with E-state index in [9.17, 15) is 0 Å². The summed E-state index contributed by atoms with van der Waals surface area (Å²) in [7, 11) is 0. The molecule has 2 aliphatic rings. The Bertz CT molecular complexity index is 189. The van der Waals surface area contributed by atoms with Crippen LogP contribution < -0.4 is 0 Å². The van der Waals surface area contributed by atoms with Crippen LogP contribution in [0.25, 0.3) is 0 Å². The van der Waals surface area contributed by atoms with Crippen LogP contribution in [0.5, 0.6) is 0 Å². The van der Waals surface area contributed by atoms with Gasteiger partial charge in [0.25, 0.3) is 0 Å². The van der Waals surface area contributed by atoms with E-state index in [-0.39, 0.29) is 11.2 Å². The van der Waals surface area contributed by atoms with Crippen molar-refractivity contribution in [2.24, 2.45) is 0 Å². The average Bonchev–Trinajstić information content (AvgIpc) is 2.01. The average molecular weight is 152 g/mol. The van der Waals surface area contributed by atoms with Crippen molar-refractivity contribution in [3.8, 4) is 0 Å². The minimum absolute atomic E-state index is 0.129. The lowest BCUT2D eigenvalue weighted by Crippen LogP contribution is -2.36. The molecular formula is C10H16O. The highest BCUT2D eigenvalue weighted by Gasteiger charge is 2.47. The summed E-state index contributed by atoms with van der Waals surface area (Å²) in [6, 6.07) is 0. The smallest absolute Gasteiger partial charge is 0.0700 e. The molecule has 2 unspecified atom stereocenters. The van der Waals surface area contributed by atoms with Gasteiger partial charge in [-0.15, -0.1) is 0 Å². The monoisotopic (exact) mass is 152 g/mol. The van der Waals surface area contributed by atoms with Crippen molar-refractivity contribution in [1.29, 1.82) is 0 Å². The van der Waals surface area contributed by atoms with Crippen LogP contribution in [-0.2, 0) is 4.74 Å². The fourth-order valence-electron chi connectivity index (χ4n) is 2.59. The molecule has 1 nitrogen and oxygen atoms in total. The highest BCUT2D eigenvalue weighted by Crippen LogP contribution is 2.49. The van der Waals surface area contributed by atoms with Gasteiger partial charge in [0.2, 0.25) is 0 Å². The van der Waals surface area contributed by atoms with Crippen LogP contribution in [0.3, 0.4) is 0 Å². The van der Waals surface area contributed by atoms with Crippen LogP contribution in [-0.4, -0.2) is 11.2 Å². The molecule has 0 amide bonds. The number of hydrogen-bond donors (Lipinski definition) is 0. The van der Waals surface area contributed by atoms with Gasteiger partial charge in [-0.25, -0.2) is 0 Å². The highest BCUT2D eigenvalue weighted by atomic mass is 16.5. The van der Waals surface area contributed by atoms with Crippen LogP contribution in [0.1, 0.15) is 39.5 Å². The lowest BCUT2D eigenvalue weighted by molar-refractivity contribution is -0.102. The standard InChI is InChI=1S/C10H16O/c1-8-6-9(2)4-5-10(3,7-8)11-9/h1,4-7H2,2-3H3. The summed E-state index contributed by atoms with van der Waals surface area (Å²) < 4.78 is 5.98. The molecule has 2 heterocycles. The Morgan fingerprint density at radius 2 is 1.64 bits per heavy atom. The molecule has 0 radical (unpaired) electrons. The third-order valence-electron chi connectivity index (χ3n) is 2.92. The molecule has 0 aromatic carbocycles. The van der Waals surface area contributed by atoms with E-state index in [1.807, 2.05) is 0 Å². The van der Waals surface area contributed by atoms with E-state index < -0.39 is 0 Å². The summed E-state index contributed by atoms with van der Waals surface area (Å²) in [5.74, 6) is 0. The molecule has 2 bridgehead atoms. The molecule has 2 aliphatic heterocycles. The number of rotatable bonds is 0. The molecule has 0 N–H and O–H groups in total. The third kappa shape index (κ3) is 1.12. The van der Waals surface area contributed by atoms with Crippen molar-refractivity contribution in [2.75, 3.05) is 0 Å². The summed E-state index contributed by atoms with van der Waals surface area (Å²) in [6.45, 7) is 8.49. The van der Waals surface area contributed by atoms with E-state index in [0.717, 1.165) is 12.8 Å². The van der Waals surface area contributed by atoms with Crippen molar-refractivity contribution in [2.45, 2.75) is 50.7 Å². The first-order valence-electron chi connectivity index (χ1n) is 4.38. The number of ether oxygens (including phenoxy) is 1. The maximum Gasteiger partial charge on any atom is 0.0700 e. The molecule has 1 heteroatoms. The van der Waals surface area contributed by atoms with Crippen molar-refractivity contribution < 1.29 is 4.74 Å². The van der Waals surface area contributed by atoms with Gasteiger partial charge in [0.1, 0.15) is 0 Å². The molecule has 2 fully saturated rings. The first-order valence-corrected chi connectivity index (χ1v) is 4.38. The maximum absolute atomic E-state index is 5.98. The highest BCUT2D eigenvalue weighted by molar-refractivity contribution is 5.14. The molecule has 2 atom stereocenters. The minimum Gasteiger partial charge on any atom is -0.368 e. The van der Waals surface area contributed by atoms with Gasteiger partial charge in [-0.3, -0.25) is 0 Å². The zero-order chi connectivity index (χ0) is 8.11. The van der Waals surface area contributed by atoms with Gasteiger partial charge in [-0.2, -0.15) is 0 Å². The maximum atomic E-state index is 5.98. The third-order valence-corrected chi connectivity index (χ3v) is 2.92. The van der Waals surface area contributed by atoms with Crippen molar-refractivity contribution >= 4 is 0 Å². The van der Waals surface area contributed by atoms with Crippen LogP contribution in [0.4, 0.5) is 0 Å².